The Hall–Kier alpha value is -1.48. The molecule has 2 aromatic carbocycles. The fourth-order valence-electron chi connectivity index (χ4n) is 1.74. The van der Waals surface area contributed by atoms with E-state index in [1.807, 2.05) is 19.1 Å². The summed E-state index contributed by atoms with van der Waals surface area (Å²) in [6.45, 7) is 1.96. The number of anilines is 1. The van der Waals surface area contributed by atoms with Crippen LogP contribution in [-0.2, 0) is 0 Å². The van der Waals surface area contributed by atoms with Gasteiger partial charge in [0.05, 0.1) is 15.7 Å². The molecule has 0 fully saturated rings. The zero-order chi connectivity index (χ0) is 15.4. The minimum Gasteiger partial charge on any atom is -0.360 e. The lowest BCUT2D eigenvalue weighted by atomic mass is 10.1. The maximum absolute atomic E-state index is 12.0. The second-order valence-electron chi connectivity index (χ2n) is 4.45. The maximum atomic E-state index is 12.0. The number of halogens is 3. The molecule has 21 heavy (non-hydrogen) atoms. The summed E-state index contributed by atoms with van der Waals surface area (Å²) in [6.07, 6.45) is 2.93. The van der Waals surface area contributed by atoms with Gasteiger partial charge < -0.3 is 5.32 Å². The summed E-state index contributed by atoms with van der Waals surface area (Å²) in [5, 5.41) is 4.38. The highest BCUT2D eigenvalue weighted by Crippen LogP contribution is 2.23. The van der Waals surface area contributed by atoms with Gasteiger partial charge in [-0.1, -0.05) is 40.9 Å². The lowest BCUT2D eigenvalue weighted by Crippen LogP contribution is -1.97. The molecule has 0 amide bonds. The van der Waals surface area contributed by atoms with Crippen molar-refractivity contribution in [1.29, 1.82) is 0 Å². The molecule has 0 saturated heterocycles. The summed E-state index contributed by atoms with van der Waals surface area (Å²) in [4.78, 5) is 12.0. The van der Waals surface area contributed by atoms with Crippen LogP contribution in [0.2, 0.25) is 15.1 Å². The van der Waals surface area contributed by atoms with E-state index < -0.39 is 0 Å². The number of rotatable bonds is 4. The van der Waals surface area contributed by atoms with Gasteiger partial charge >= 0.3 is 0 Å². The van der Waals surface area contributed by atoms with Gasteiger partial charge in [-0.25, -0.2) is 0 Å². The van der Waals surface area contributed by atoms with Crippen LogP contribution in [0.25, 0.3) is 0 Å². The molecule has 2 rings (SSSR count). The summed E-state index contributed by atoms with van der Waals surface area (Å²) >= 11 is 17.8. The van der Waals surface area contributed by atoms with E-state index in [0.717, 1.165) is 11.3 Å². The molecule has 0 aliphatic rings. The molecule has 0 heterocycles. The zero-order valence-corrected chi connectivity index (χ0v) is 13.4. The second kappa shape index (κ2) is 6.99. The fourth-order valence-corrected chi connectivity index (χ4v) is 2.41. The smallest absolute Gasteiger partial charge is 0.188 e. The van der Waals surface area contributed by atoms with E-state index in [1.165, 1.54) is 18.3 Å². The topological polar surface area (TPSA) is 29.1 Å². The second-order valence-corrected chi connectivity index (χ2v) is 5.70. The molecule has 108 valence electrons. The number of carbonyl (C=O) groups is 1. The first-order valence-corrected chi connectivity index (χ1v) is 7.29. The van der Waals surface area contributed by atoms with E-state index in [2.05, 4.69) is 5.32 Å². The Kier molecular flexibility index (Phi) is 5.29. The largest absolute Gasteiger partial charge is 0.360 e. The van der Waals surface area contributed by atoms with Gasteiger partial charge in [-0.2, -0.15) is 0 Å². The molecule has 0 bridgehead atoms. The number of aryl methyl sites for hydroxylation is 1. The molecule has 0 aliphatic heterocycles. The number of allylic oxidation sites excluding steroid dienone is 1. The van der Waals surface area contributed by atoms with Crippen LogP contribution in [-0.4, -0.2) is 5.78 Å². The normalized spacial score (nSPS) is 10.9. The third-order valence-corrected chi connectivity index (χ3v) is 3.67. The summed E-state index contributed by atoms with van der Waals surface area (Å²) in [5.74, 6) is -0.215. The monoisotopic (exact) mass is 339 g/mol. The standard InChI is InChI=1S/C16H12Cl3NO/c1-10-2-5-13(18)15(8-10)20-7-6-16(21)12-4-3-11(17)9-14(12)19/h2-9,20H,1H3/b7-6+. The van der Waals surface area contributed by atoms with Crippen molar-refractivity contribution in [2.24, 2.45) is 0 Å². The Bertz CT molecular complexity index is 711. The summed E-state index contributed by atoms with van der Waals surface area (Å²) in [5.41, 5.74) is 2.21. The van der Waals surface area contributed by atoms with Crippen molar-refractivity contribution in [3.8, 4) is 0 Å². The average molecular weight is 341 g/mol. The number of carbonyl (C=O) groups excluding carboxylic acids is 1. The van der Waals surface area contributed by atoms with Crippen molar-refractivity contribution in [3.05, 3.63) is 74.9 Å². The molecule has 5 heteroatoms. The zero-order valence-electron chi connectivity index (χ0n) is 11.2. The van der Waals surface area contributed by atoms with Crippen molar-refractivity contribution in [2.45, 2.75) is 6.92 Å². The van der Waals surface area contributed by atoms with Crippen molar-refractivity contribution in [2.75, 3.05) is 5.32 Å². The first-order chi connectivity index (χ1) is 9.97. The maximum Gasteiger partial charge on any atom is 0.188 e. The quantitative estimate of drug-likeness (QED) is 0.566. The molecule has 0 unspecified atom stereocenters. The number of hydrogen-bond acceptors (Lipinski definition) is 2. The van der Waals surface area contributed by atoms with Crippen LogP contribution in [0, 0.1) is 6.92 Å². The molecular formula is C16H12Cl3NO. The SMILES string of the molecule is Cc1ccc(Cl)c(N/C=C/C(=O)c2ccc(Cl)cc2Cl)c1. The van der Waals surface area contributed by atoms with E-state index in [-0.39, 0.29) is 5.78 Å². The van der Waals surface area contributed by atoms with Crippen molar-refractivity contribution in [1.82, 2.24) is 0 Å². The van der Waals surface area contributed by atoms with E-state index in [4.69, 9.17) is 34.8 Å². The predicted molar refractivity (Wildman–Crippen MR) is 89.7 cm³/mol. The Morgan fingerprint density at radius 3 is 2.52 bits per heavy atom. The summed E-state index contributed by atoms with van der Waals surface area (Å²) in [6, 6.07) is 10.4. The summed E-state index contributed by atoms with van der Waals surface area (Å²) in [7, 11) is 0. The van der Waals surface area contributed by atoms with Gasteiger partial charge in [0.15, 0.2) is 5.78 Å². The first-order valence-electron chi connectivity index (χ1n) is 6.16. The van der Waals surface area contributed by atoms with Gasteiger partial charge in [0, 0.05) is 22.9 Å². The molecule has 0 spiro atoms. The van der Waals surface area contributed by atoms with Gasteiger partial charge in [0.2, 0.25) is 0 Å². The van der Waals surface area contributed by atoms with Crippen LogP contribution < -0.4 is 5.32 Å². The number of benzene rings is 2. The molecule has 2 nitrogen and oxygen atoms in total. The third kappa shape index (κ3) is 4.24. The van der Waals surface area contributed by atoms with E-state index >= 15 is 0 Å². The molecule has 1 N–H and O–H groups in total. The molecule has 0 aromatic heterocycles. The van der Waals surface area contributed by atoms with Crippen molar-refractivity contribution < 1.29 is 4.79 Å². The van der Waals surface area contributed by atoms with E-state index in [1.54, 1.807) is 18.2 Å². The summed E-state index contributed by atoms with van der Waals surface area (Å²) < 4.78 is 0. The van der Waals surface area contributed by atoms with Gasteiger partial charge in [0.1, 0.15) is 0 Å². The Morgan fingerprint density at radius 2 is 1.81 bits per heavy atom. The first kappa shape index (κ1) is 15.9. The molecule has 0 saturated carbocycles. The minimum absolute atomic E-state index is 0.215. The highest BCUT2D eigenvalue weighted by atomic mass is 35.5. The Balaban J connectivity index is 2.10. The minimum atomic E-state index is -0.215. The lowest BCUT2D eigenvalue weighted by molar-refractivity contribution is 0.104. The molecule has 0 radical (unpaired) electrons. The van der Waals surface area contributed by atoms with Crippen LogP contribution in [0.4, 0.5) is 5.69 Å². The van der Waals surface area contributed by atoms with Gasteiger partial charge in [-0.15, -0.1) is 0 Å². The highest BCUT2D eigenvalue weighted by Gasteiger charge is 2.07. The van der Waals surface area contributed by atoms with Crippen molar-refractivity contribution >= 4 is 46.3 Å². The number of hydrogen-bond donors (Lipinski definition) is 1. The molecule has 0 atom stereocenters. The average Bonchev–Trinajstić information content (AvgIpc) is 2.42. The number of nitrogens with one attached hydrogen (secondary N) is 1. The predicted octanol–water partition coefficient (Wildman–Crippen LogP) is 5.76. The van der Waals surface area contributed by atoms with Crippen LogP contribution in [0.5, 0.6) is 0 Å². The molecule has 0 aliphatic carbocycles. The van der Waals surface area contributed by atoms with Crippen LogP contribution in [0.3, 0.4) is 0 Å². The lowest BCUT2D eigenvalue weighted by Gasteiger charge is -2.05. The highest BCUT2D eigenvalue weighted by molar-refractivity contribution is 6.37. The van der Waals surface area contributed by atoms with Crippen LogP contribution >= 0.6 is 34.8 Å². The van der Waals surface area contributed by atoms with E-state index in [9.17, 15) is 4.79 Å². The van der Waals surface area contributed by atoms with Crippen LogP contribution in [0.15, 0.2) is 48.7 Å². The van der Waals surface area contributed by atoms with Crippen molar-refractivity contribution in [3.63, 3.8) is 0 Å². The number of ketones is 1. The Labute approximate surface area is 138 Å². The van der Waals surface area contributed by atoms with Gasteiger partial charge in [-0.3, -0.25) is 4.79 Å². The van der Waals surface area contributed by atoms with Crippen LogP contribution in [0.1, 0.15) is 15.9 Å². The fraction of sp³-hybridized carbons (Fsp3) is 0.0625. The third-order valence-electron chi connectivity index (χ3n) is 2.79. The molecule has 2 aromatic rings. The van der Waals surface area contributed by atoms with Gasteiger partial charge in [0.25, 0.3) is 0 Å². The Morgan fingerprint density at radius 1 is 1.05 bits per heavy atom. The van der Waals surface area contributed by atoms with Gasteiger partial charge in [-0.05, 0) is 42.8 Å². The molecular weight excluding hydrogens is 329 g/mol. The van der Waals surface area contributed by atoms with E-state index in [0.29, 0.717) is 20.6 Å².